The van der Waals surface area contributed by atoms with Gasteiger partial charge in [0.25, 0.3) is 5.91 Å². The summed E-state index contributed by atoms with van der Waals surface area (Å²) in [6.07, 6.45) is -0.0126. The molecule has 0 aromatic heterocycles. The number of ether oxygens (including phenoxy) is 1. The fraction of sp³-hybridized carbons (Fsp3) is 0.448. The van der Waals surface area contributed by atoms with Gasteiger partial charge in [-0.25, -0.2) is 4.79 Å². The summed E-state index contributed by atoms with van der Waals surface area (Å²) < 4.78 is 5.66. The van der Waals surface area contributed by atoms with Crippen molar-refractivity contribution in [3.05, 3.63) is 83.9 Å². The van der Waals surface area contributed by atoms with Gasteiger partial charge in [-0.15, -0.1) is 6.58 Å². The van der Waals surface area contributed by atoms with Crippen LogP contribution in [0.5, 0.6) is 0 Å². The smallest absolute Gasteiger partial charge is 0.411 e. The number of cyclic esters (lactones) is 1. The Morgan fingerprint density at radius 2 is 1.44 bits per heavy atom. The minimum absolute atomic E-state index is 0.0361. The molecule has 2 aliphatic rings. The van der Waals surface area contributed by atoms with Gasteiger partial charge in [-0.05, 0) is 18.1 Å². The summed E-state index contributed by atoms with van der Waals surface area (Å²) in [6, 6.07) is 19.6. The maximum atomic E-state index is 14.7. The number of hydrogen-bond donors (Lipinski definition) is 0. The maximum Gasteiger partial charge on any atom is 0.411 e. The van der Waals surface area contributed by atoms with Gasteiger partial charge in [-0.3, -0.25) is 9.69 Å². The highest BCUT2D eigenvalue weighted by Gasteiger charge is 2.71. The molecule has 0 N–H and O–H groups in total. The maximum absolute atomic E-state index is 14.7. The van der Waals surface area contributed by atoms with E-state index in [2.05, 4.69) is 62.9 Å². The Hall–Kier alpha value is -2.65. The normalized spacial score (nSPS) is 24.7. The van der Waals surface area contributed by atoms with Gasteiger partial charge >= 0.3 is 6.09 Å². The lowest BCUT2D eigenvalue weighted by Crippen LogP contribution is -2.82. The van der Waals surface area contributed by atoms with E-state index in [0.29, 0.717) is 6.42 Å². The van der Waals surface area contributed by atoms with Crippen molar-refractivity contribution in [3.8, 4) is 0 Å². The lowest BCUT2D eigenvalue weighted by atomic mass is 9.69. The largest absolute Gasteiger partial charge is 0.447 e. The SMILES string of the molecule is C=C(C)C[C@]1(N2C(=O)OC[C@@H]2c2ccccc2)C(=O)N(C([Si](C)(C)C)[Si](C)(C)C)[C@@H]1c1ccccc1. The van der Waals surface area contributed by atoms with Crippen molar-refractivity contribution >= 4 is 28.1 Å². The van der Waals surface area contributed by atoms with E-state index in [9.17, 15) is 9.59 Å². The van der Waals surface area contributed by atoms with Crippen LogP contribution in [0.3, 0.4) is 0 Å². The van der Waals surface area contributed by atoms with Gasteiger partial charge in [0.1, 0.15) is 6.61 Å². The molecule has 36 heavy (non-hydrogen) atoms. The predicted molar refractivity (Wildman–Crippen MR) is 151 cm³/mol. The third-order valence-corrected chi connectivity index (χ3v) is 16.5. The van der Waals surface area contributed by atoms with Crippen LogP contribution in [0.4, 0.5) is 4.79 Å². The number of nitrogens with zero attached hydrogens (tertiary/aromatic N) is 2. The van der Waals surface area contributed by atoms with Gasteiger partial charge < -0.3 is 9.64 Å². The first-order valence-corrected chi connectivity index (χ1v) is 20.0. The number of benzene rings is 2. The number of likely N-dealkylation sites (tertiary alicyclic amines) is 1. The summed E-state index contributed by atoms with van der Waals surface area (Å²) >= 11 is 0. The zero-order chi connectivity index (χ0) is 26.5. The van der Waals surface area contributed by atoms with Gasteiger partial charge in [0.05, 0.1) is 28.2 Å². The van der Waals surface area contributed by atoms with Crippen LogP contribution < -0.4 is 0 Å². The van der Waals surface area contributed by atoms with Crippen molar-refractivity contribution in [3.63, 3.8) is 0 Å². The van der Waals surface area contributed by atoms with E-state index >= 15 is 0 Å². The van der Waals surface area contributed by atoms with E-state index in [1.54, 1.807) is 4.90 Å². The van der Waals surface area contributed by atoms with Gasteiger partial charge in [-0.1, -0.05) is 106 Å². The summed E-state index contributed by atoms with van der Waals surface area (Å²) in [5.74, 6) is 0.0361. The Labute approximate surface area is 218 Å². The molecule has 2 aliphatic heterocycles. The summed E-state index contributed by atoms with van der Waals surface area (Å²) in [7, 11) is -3.60. The van der Waals surface area contributed by atoms with Crippen LogP contribution in [-0.4, -0.2) is 55.4 Å². The van der Waals surface area contributed by atoms with Crippen LogP contribution in [0.15, 0.2) is 72.8 Å². The predicted octanol–water partition coefficient (Wildman–Crippen LogP) is 6.59. The molecular formula is C29H40N2O3Si2. The fourth-order valence-corrected chi connectivity index (χ4v) is 19.4. The molecule has 2 aromatic rings. The summed E-state index contributed by atoms with van der Waals surface area (Å²) in [4.78, 5) is 32.2. The monoisotopic (exact) mass is 520 g/mol. The van der Waals surface area contributed by atoms with E-state index in [4.69, 9.17) is 4.74 Å². The van der Waals surface area contributed by atoms with Crippen LogP contribution in [0, 0.1) is 0 Å². The molecule has 7 heteroatoms. The number of hydrogen-bond acceptors (Lipinski definition) is 3. The molecule has 0 radical (unpaired) electrons. The second-order valence-electron chi connectivity index (χ2n) is 12.6. The Kier molecular flexibility index (Phi) is 6.85. The first kappa shape index (κ1) is 26.4. The zero-order valence-corrected chi connectivity index (χ0v) is 24.7. The minimum atomic E-state index is -1.80. The molecule has 192 valence electrons. The van der Waals surface area contributed by atoms with Crippen LogP contribution in [0.1, 0.15) is 36.6 Å². The third-order valence-electron chi connectivity index (χ3n) is 7.43. The zero-order valence-electron chi connectivity index (χ0n) is 22.7. The molecule has 2 aromatic carbocycles. The topological polar surface area (TPSA) is 49.9 Å². The van der Waals surface area contributed by atoms with Gasteiger partial charge in [-0.2, -0.15) is 0 Å². The van der Waals surface area contributed by atoms with E-state index in [1.165, 1.54) is 0 Å². The van der Waals surface area contributed by atoms with E-state index < -0.39 is 27.8 Å². The summed E-state index contributed by atoms with van der Waals surface area (Å²) in [5.41, 5.74) is 1.85. The highest BCUT2D eigenvalue weighted by Crippen LogP contribution is 2.56. The van der Waals surface area contributed by atoms with Crippen molar-refractivity contribution in [2.45, 2.75) is 75.5 Å². The number of amides is 2. The summed E-state index contributed by atoms with van der Waals surface area (Å²) in [6.45, 7) is 20.6. The number of carbonyl (C=O) groups excluding carboxylic acids is 2. The average molecular weight is 521 g/mol. The molecule has 0 aliphatic carbocycles. The number of rotatable bonds is 8. The lowest BCUT2D eigenvalue weighted by Gasteiger charge is -2.65. The van der Waals surface area contributed by atoms with Crippen molar-refractivity contribution in [2.24, 2.45) is 0 Å². The molecule has 2 saturated heterocycles. The molecule has 4 rings (SSSR count). The molecule has 0 saturated carbocycles. The molecule has 0 spiro atoms. The van der Waals surface area contributed by atoms with E-state index in [-0.39, 0.29) is 29.9 Å². The Bertz CT molecular complexity index is 1130. The lowest BCUT2D eigenvalue weighted by molar-refractivity contribution is -0.176. The molecule has 0 bridgehead atoms. The second kappa shape index (κ2) is 9.34. The van der Waals surface area contributed by atoms with Crippen molar-refractivity contribution < 1.29 is 14.3 Å². The van der Waals surface area contributed by atoms with Crippen molar-refractivity contribution in [1.29, 1.82) is 0 Å². The molecule has 0 unspecified atom stereocenters. The molecule has 5 nitrogen and oxygen atoms in total. The number of carbonyl (C=O) groups is 2. The molecule has 2 amide bonds. The fourth-order valence-electron chi connectivity index (χ4n) is 6.83. The van der Waals surface area contributed by atoms with Crippen LogP contribution in [0.2, 0.25) is 39.3 Å². The van der Waals surface area contributed by atoms with Gasteiger partial charge in [0.2, 0.25) is 0 Å². The van der Waals surface area contributed by atoms with Gasteiger partial charge in [0, 0.05) is 11.7 Å². The quantitative estimate of drug-likeness (QED) is 0.224. The second-order valence-corrected chi connectivity index (χ2v) is 23.7. The Balaban J connectivity index is 1.95. The third kappa shape index (κ3) is 4.36. The first-order chi connectivity index (χ1) is 16.8. The van der Waals surface area contributed by atoms with Crippen LogP contribution in [-0.2, 0) is 9.53 Å². The standard InChI is InChI=1S/C29H40N2O3Si2/c1-21(2)19-29(31-24(20-34-27(31)33)22-15-11-9-12-16-22)25(23-17-13-10-14-18-23)30(26(29)32)28(35(3,4)5)36(6,7)8/h9-18,24-25,28H,1,19-20H2,2-8H3/t24-,25-,29-/m1/s1. The molecule has 2 heterocycles. The first-order valence-electron chi connectivity index (χ1n) is 12.8. The van der Waals surface area contributed by atoms with E-state index in [1.807, 2.05) is 55.5 Å². The molecule has 3 atom stereocenters. The van der Waals surface area contributed by atoms with E-state index in [0.717, 1.165) is 16.7 Å². The van der Waals surface area contributed by atoms with Crippen LogP contribution in [0.25, 0.3) is 0 Å². The highest BCUT2D eigenvalue weighted by molar-refractivity contribution is 6.96. The Morgan fingerprint density at radius 1 is 0.944 bits per heavy atom. The van der Waals surface area contributed by atoms with Crippen molar-refractivity contribution in [2.75, 3.05) is 6.61 Å². The Morgan fingerprint density at radius 3 is 1.92 bits per heavy atom. The molecule has 2 fully saturated rings. The minimum Gasteiger partial charge on any atom is -0.447 e. The van der Waals surface area contributed by atoms with Crippen LogP contribution >= 0.6 is 0 Å². The number of β-lactam (4-membered cyclic amide) rings is 1. The van der Waals surface area contributed by atoms with Gasteiger partial charge in [0.15, 0.2) is 5.54 Å². The average Bonchev–Trinajstić information content (AvgIpc) is 3.18. The summed E-state index contributed by atoms with van der Waals surface area (Å²) in [5, 5.41) is 0.217. The highest BCUT2D eigenvalue weighted by atomic mass is 28.4. The molecular weight excluding hydrogens is 481 g/mol. The van der Waals surface area contributed by atoms with Crippen molar-refractivity contribution in [1.82, 2.24) is 9.80 Å².